The minimum atomic E-state index is -0.114. The number of fused-ring (bicyclic) bond motifs is 1. The Bertz CT molecular complexity index is 1380. The molecule has 2 aromatic carbocycles. The maximum atomic E-state index is 14.0. The summed E-state index contributed by atoms with van der Waals surface area (Å²) in [6, 6.07) is 15.4. The highest BCUT2D eigenvalue weighted by molar-refractivity contribution is 6.31. The Morgan fingerprint density at radius 3 is 2.55 bits per heavy atom. The molecule has 0 spiro atoms. The number of benzene rings is 2. The number of hydrogen-bond donors (Lipinski definition) is 1. The predicted octanol–water partition coefficient (Wildman–Crippen LogP) is 6.58. The molecule has 1 aromatic heterocycles. The zero-order chi connectivity index (χ0) is 26.8. The zero-order valence-corrected chi connectivity index (χ0v) is 23.3. The lowest BCUT2D eigenvalue weighted by Crippen LogP contribution is -2.46. The van der Waals surface area contributed by atoms with E-state index in [-0.39, 0.29) is 35.1 Å². The van der Waals surface area contributed by atoms with Gasteiger partial charge in [-0.2, -0.15) is 0 Å². The zero-order valence-electron chi connectivity index (χ0n) is 22.6. The van der Waals surface area contributed by atoms with Crippen LogP contribution in [-0.2, 0) is 11.3 Å². The Balaban J connectivity index is 1.62. The van der Waals surface area contributed by atoms with Crippen LogP contribution in [0.25, 0.3) is 10.9 Å². The normalized spacial score (nSPS) is 24.5. The largest absolute Gasteiger partial charge is 0.356 e. The van der Waals surface area contributed by atoms with E-state index in [0.717, 1.165) is 37.1 Å². The third-order valence-electron chi connectivity index (χ3n) is 8.50. The summed E-state index contributed by atoms with van der Waals surface area (Å²) in [5, 5.41) is 4.27. The summed E-state index contributed by atoms with van der Waals surface area (Å²) in [4.78, 5) is 32.5. The first-order chi connectivity index (χ1) is 18.3. The van der Waals surface area contributed by atoms with Crippen molar-refractivity contribution in [2.24, 2.45) is 29.6 Å². The minimum absolute atomic E-state index is 0.0441. The van der Waals surface area contributed by atoms with Crippen molar-refractivity contribution in [3.8, 4) is 0 Å². The van der Waals surface area contributed by atoms with E-state index in [2.05, 4.69) is 38.2 Å². The van der Waals surface area contributed by atoms with Gasteiger partial charge in [0.05, 0.1) is 17.4 Å². The van der Waals surface area contributed by atoms with Gasteiger partial charge in [0.15, 0.2) is 0 Å². The molecule has 38 heavy (non-hydrogen) atoms. The standard InChI is InChI=1S/C32H38ClN3O2/c1-20(2)29(25-15-16-34-31(37)27(25)17-22-11-9-21(3)10-12-22)30-35-28-18-24(33)13-14-26(28)32(38)36(30)19-23-7-5-4-6-8-23/h4-9,11,13-14,18,20-22,25,27,29H,10,12,15-17,19H2,1-3H3,(H,34,37). The van der Waals surface area contributed by atoms with Gasteiger partial charge < -0.3 is 5.32 Å². The van der Waals surface area contributed by atoms with Crippen molar-refractivity contribution in [2.75, 3.05) is 6.54 Å². The van der Waals surface area contributed by atoms with Crippen molar-refractivity contribution in [3.63, 3.8) is 0 Å². The van der Waals surface area contributed by atoms with Gasteiger partial charge in [-0.05, 0) is 73.1 Å². The third kappa shape index (κ3) is 5.58. The van der Waals surface area contributed by atoms with E-state index < -0.39 is 0 Å². The third-order valence-corrected chi connectivity index (χ3v) is 8.73. The lowest BCUT2D eigenvalue weighted by atomic mass is 9.68. The second-order valence-corrected chi connectivity index (χ2v) is 12.0. The number of carbonyl (C=O) groups is 1. The molecule has 1 amide bonds. The van der Waals surface area contributed by atoms with Gasteiger partial charge in [0, 0.05) is 23.4 Å². The molecular weight excluding hydrogens is 494 g/mol. The number of aromatic nitrogens is 2. The SMILES string of the molecule is CC1C=CC(CC2C(=O)NCCC2C(c2nc3cc(Cl)ccc3c(=O)n2Cc2ccccc2)C(C)C)CC1. The molecule has 0 bridgehead atoms. The van der Waals surface area contributed by atoms with Crippen molar-refractivity contribution < 1.29 is 4.79 Å². The first-order valence-electron chi connectivity index (χ1n) is 14.0. The summed E-state index contributed by atoms with van der Waals surface area (Å²) >= 11 is 6.34. The summed E-state index contributed by atoms with van der Waals surface area (Å²) < 4.78 is 1.85. The number of rotatable bonds is 7. The number of carbonyl (C=O) groups excluding carboxylic acids is 1. The second kappa shape index (κ2) is 11.4. The van der Waals surface area contributed by atoms with Gasteiger partial charge in [0.25, 0.3) is 5.56 Å². The quantitative estimate of drug-likeness (QED) is 0.350. The molecule has 5 atom stereocenters. The first kappa shape index (κ1) is 26.7. The first-order valence-corrected chi connectivity index (χ1v) is 14.4. The van der Waals surface area contributed by atoms with E-state index in [1.165, 1.54) is 0 Å². The van der Waals surface area contributed by atoms with Crippen molar-refractivity contribution in [2.45, 2.75) is 58.9 Å². The van der Waals surface area contributed by atoms with Crippen LogP contribution >= 0.6 is 11.6 Å². The average Bonchev–Trinajstić information content (AvgIpc) is 2.89. The monoisotopic (exact) mass is 531 g/mol. The Labute approximate surface area is 230 Å². The van der Waals surface area contributed by atoms with E-state index in [4.69, 9.17) is 16.6 Å². The molecule has 3 aromatic rings. The van der Waals surface area contributed by atoms with Crippen LogP contribution in [0.3, 0.4) is 0 Å². The van der Waals surface area contributed by atoms with Crippen molar-refractivity contribution in [3.05, 3.63) is 87.4 Å². The molecule has 6 heteroatoms. The van der Waals surface area contributed by atoms with Crippen LogP contribution in [0, 0.1) is 29.6 Å². The maximum absolute atomic E-state index is 14.0. The fourth-order valence-electron chi connectivity index (χ4n) is 6.51. The Morgan fingerprint density at radius 2 is 1.84 bits per heavy atom. The van der Waals surface area contributed by atoms with Gasteiger partial charge in [-0.3, -0.25) is 14.2 Å². The number of halogens is 1. The van der Waals surface area contributed by atoms with Gasteiger partial charge >= 0.3 is 0 Å². The number of allylic oxidation sites excluding steroid dienone is 2. The highest BCUT2D eigenvalue weighted by Crippen LogP contribution is 2.43. The number of amides is 1. The lowest BCUT2D eigenvalue weighted by Gasteiger charge is -2.40. The fraction of sp³-hybridized carbons (Fsp3) is 0.469. The highest BCUT2D eigenvalue weighted by Gasteiger charge is 2.41. The molecule has 5 nitrogen and oxygen atoms in total. The van der Waals surface area contributed by atoms with E-state index in [1.807, 2.05) is 34.9 Å². The number of nitrogens with one attached hydrogen (secondary N) is 1. The minimum Gasteiger partial charge on any atom is -0.356 e. The summed E-state index contributed by atoms with van der Waals surface area (Å²) in [5.74, 6) is 2.05. The summed E-state index contributed by atoms with van der Waals surface area (Å²) in [7, 11) is 0. The molecule has 1 N–H and O–H groups in total. The fourth-order valence-corrected chi connectivity index (χ4v) is 6.67. The predicted molar refractivity (Wildman–Crippen MR) is 154 cm³/mol. The Kier molecular flexibility index (Phi) is 8.04. The molecule has 2 aliphatic rings. The van der Waals surface area contributed by atoms with E-state index >= 15 is 0 Å². The summed E-state index contributed by atoms with van der Waals surface area (Å²) in [6.07, 6.45) is 8.62. The van der Waals surface area contributed by atoms with Gasteiger partial charge in [0.1, 0.15) is 5.82 Å². The molecule has 0 radical (unpaired) electrons. The highest BCUT2D eigenvalue weighted by atomic mass is 35.5. The van der Waals surface area contributed by atoms with Crippen LogP contribution in [0.2, 0.25) is 5.02 Å². The van der Waals surface area contributed by atoms with Gasteiger partial charge in [0.2, 0.25) is 5.91 Å². The molecule has 5 rings (SSSR count). The lowest BCUT2D eigenvalue weighted by molar-refractivity contribution is -0.130. The molecule has 1 aliphatic heterocycles. The summed E-state index contributed by atoms with van der Waals surface area (Å²) in [5.41, 5.74) is 1.61. The van der Waals surface area contributed by atoms with E-state index in [1.54, 1.807) is 18.2 Å². The van der Waals surface area contributed by atoms with Crippen LogP contribution in [-0.4, -0.2) is 22.0 Å². The maximum Gasteiger partial charge on any atom is 0.261 e. The van der Waals surface area contributed by atoms with Crippen LogP contribution in [0.4, 0.5) is 0 Å². The van der Waals surface area contributed by atoms with Gasteiger partial charge in [-0.15, -0.1) is 0 Å². The van der Waals surface area contributed by atoms with Crippen molar-refractivity contribution in [1.82, 2.24) is 14.9 Å². The molecule has 1 saturated heterocycles. The van der Waals surface area contributed by atoms with Crippen LogP contribution in [0.1, 0.15) is 63.8 Å². The second-order valence-electron chi connectivity index (χ2n) is 11.6. The number of piperidine rings is 1. The van der Waals surface area contributed by atoms with Crippen molar-refractivity contribution in [1.29, 1.82) is 0 Å². The van der Waals surface area contributed by atoms with E-state index in [0.29, 0.717) is 40.9 Å². The van der Waals surface area contributed by atoms with Crippen LogP contribution in [0.15, 0.2) is 65.5 Å². The van der Waals surface area contributed by atoms with Crippen LogP contribution in [0.5, 0.6) is 0 Å². The molecule has 2 heterocycles. The van der Waals surface area contributed by atoms with Gasteiger partial charge in [-0.25, -0.2) is 4.98 Å². The number of nitrogens with zero attached hydrogens (tertiary/aromatic N) is 2. The Morgan fingerprint density at radius 1 is 1.05 bits per heavy atom. The Hall–Kier alpha value is -2.92. The van der Waals surface area contributed by atoms with Gasteiger partial charge in [-0.1, -0.05) is 74.9 Å². The molecule has 5 unspecified atom stereocenters. The van der Waals surface area contributed by atoms with Crippen LogP contribution < -0.4 is 10.9 Å². The summed E-state index contributed by atoms with van der Waals surface area (Å²) in [6.45, 7) is 7.73. The molecular formula is C32H38ClN3O2. The average molecular weight is 532 g/mol. The van der Waals surface area contributed by atoms with Crippen molar-refractivity contribution >= 4 is 28.4 Å². The molecule has 1 aliphatic carbocycles. The molecule has 200 valence electrons. The molecule has 1 fully saturated rings. The molecule has 0 saturated carbocycles. The number of hydrogen-bond acceptors (Lipinski definition) is 3. The topological polar surface area (TPSA) is 64.0 Å². The van der Waals surface area contributed by atoms with E-state index in [9.17, 15) is 9.59 Å². The smallest absolute Gasteiger partial charge is 0.261 e.